The Morgan fingerprint density at radius 1 is 0.957 bits per heavy atom. The molecule has 0 aromatic heterocycles. The predicted molar refractivity (Wildman–Crippen MR) is 95.2 cm³/mol. The van der Waals surface area contributed by atoms with Crippen molar-refractivity contribution >= 4 is 11.6 Å². The van der Waals surface area contributed by atoms with E-state index < -0.39 is 6.10 Å². The molecule has 1 N–H and O–H groups in total. The summed E-state index contributed by atoms with van der Waals surface area (Å²) in [6.45, 7) is 10.00. The highest BCUT2D eigenvalue weighted by molar-refractivity contribution is 5.95. The fourth-order valence-electron chi connectivity index (χ4n) is 2.50. The molecule has 0 saturated heterocycles. The fourth-order valence-corrected chi connectivity index (χ4v) is 2.50. The highest BCUT2D eigenvalue weighted by Gasteiger charge is 2.18. The van der Waals surface area contributed by atoms with Gasteiger partial charge in [0.25, 0.3) is 5.91 Å². The molecule has 2 aromatic rings. The Hall–Kier alpha value is -2.29. The average molecular weight is 311 g/mol. The summed E-state index contributed by atoms with van der Waals surface area (Å²) in [7, 11) is 0. The van der Waals surface area contributed by atoms with Crippen LogP contribution in [0.15, 0.2) is 42.5 Å². The highest BCUT2D eigenvalue weighted by atomic mass is 16.5. The molecule has 2 aromatic carbocycles. The van der Waals surface area contributed by atoms with Crippen LogP contribution in [0, 0.1) is 13.8 Å². The second-order valence-electron chi connectivity index (χ2n) is 6.21. The smallest absolute Gasteiger partial charge is 0.265 e. The topological polar surface area (TPSA) is 38.3 Å². The van der Waals surface area contributed by atoms with Gasteiger partial charge in [0.05, 0.1) is 0 Å². The second-order valence-corrected chi connectivity index (χ2v) is 6.21. The number of hydrogen-bond acceptors (Lipinski definition) is 2. The Morgan fingerprint density at radius 2 is 1.61 bits per heavy atom. The number of carbonyl (C=O) groups excluding carboxylic acids is 1. The van der Waals surface area contributed by atoms with E-state index >= 15 is 0 Å². The van der Waals surface area contributed by atoms with E-state index in [0.29, 0.717) is 5.92 Å². The lowest BCUT2D eigenvalue weighted by molar-refractivity contribution is -0.122. The maximum absolute atomic E-state index is 12.5. The van der Waals surface area contributed by atoms with Gasteiger partial charge >= 0.3 is 0 Å². The SMILES string of the molecule is Cc1ccccc1O[C@H](C)C(=O)Nc1c(C)cccc1C(C)C. The van der Waals surface area contributed by atoms with Gasteiger partial charge in [-0.3, -0.25) is 4.79 Å². The molecular formula is C20H25NO2. The molecule has 1 amide bonds. The summed E-state index contributed by atoms with van der Waals surface area (Å²) < 4.78 is 5.81. The normalized spacial score (nSPS) is 12.1. The molecular weight excluding hydrogens is 286 g/mol. The van der Waals surface area contributed by atoms with E-state index in [0.717, 1.165) is 28.1 Å². The quantitative estimate of drug-likeness (QED) is 0.858. The standard InChI is InChI=1S/C20H25NO2/c1-13(2)17-11-8-10-15(4)19(17)21-20(22)16(5)23-18-12-7-6-9-14(18)3/h6-13,16H,1-5H3,(H,21,22)/t16-/m1/s1. The summed E-state index contributed by atoms with van der Waals surface area (Å²) in [6, 6.07) is 13.8. The van der Waals surface area contributed by atoms with Crippen molar-refractivity contribution in [3.8, 4) is 5.75 Å². The Morgan fingerprint density at radius 3 is 2.26 bits per heavy atom. The number of rotatable bonds is 5. The van der Waals surface area contributed by atoms with Crippen LogP contribution >= 0.6 is 0 Å². The van der Waals surface area contributed by atoms with Crippen molar-refractivity contribution in [2.24, 2.45) is 0 Å². The molecule has 0 radical (unpaired) electrons. The van der Waals surface area contributed by atoms with Crippen LogP contribution in [0.25, 0.3) is 0 Å². The molecule has 0 spiro atoms. The van der Waals surface area contributed by atoms with Crippen molar-refractivity contribution in [1.82, 2.24) is 0 Å². The number of nitrogens with one attached hydrogen (secondary N) is 1. The van der Waals surface area contributed by atoms with Crippen LogP contribution in [-0.4, -0.2) is 12.0 Å². The minimum absolute atomic E-state index is 0.135. The number of para-hydroxylation sites is 2. The molecule has 0 bridgehead atoms. The van der Waals surface area contributed by atoms with Crippen molar-refractivity contribution in [3.05, 3.63) is 59.2 Å². The monoisotopic (exact) mass is 311 g/mol. The lowest BCUT2D eigenvalue weighted by Crippen LogP contribution is -2.31. The summed E-state index contributed by atoms with van der Waals surface area (Å²) in [4.78, 5) is 12.5. The van der Waals surface area contributed by atoms with Crippen LogP contribution in [0.4, 0.5) is 5.69 Å². The molecule has 0 fully saturated rings. The summed E-state index contributed by atoms with van der Waals surface area (Å²) in [5, 5.41) is 3.04. The first-order valence-electron chi connectivity index (χ1n) is 8.02. The third-order valence-corrected chi connectivity index (χ3v) is 3.94. The van der Waals surface area contributed by atoms with E-state index in [-0.39, 0.29) is 5.91 Å². The average Bonchev–Trinajstić information content (AvgIpc) is 2.51. The molecule has 0 aliphatic heterocycles. The largest absolute Gasteiger partial charge is 0.481 e. The summed E-state index contributed by atoms with van der Waals surface area (Å²) in [5.74, 6) is 0.950. The number of anilines is 1. The first-order valence-corrected chi connectivity index (χ1v) is 8.02. The Bertz CT molecular complexity index is 692. The summed E-state index contributed by atoms with van der Waals surface area (Å²) >= 11 is 0. The van der Waals surface area contributed by atoms with Crippen molar-refractivity contribution in [2.75, 3.05) is 5.32 Å². The van der Waals surface area contributed by atoms with Crippen molar-refractivity contribution in [3.63, 3.8) is 0 Å². The van der Waals surface area contributed by atoms with Crippen LogP contribution in [0.5, 0.6) is 5.75 Å². The first kappa shape index (κ1) is 17.1. The molecule has 3 heteroatoms. The minimum atomic E-state index is -0.560. The van der Waals surface area contributed by atoms with Crippen molar-refractivity contribution in [1.29, 1.82) is 0 Å². The van der Waals surface area contributed by atoms with E-state index in [1.54, 1.807) is 6.92 Å². The molecule has 0 saturated carbocycles. The predicted octanol–water partition coefficient (Wildman–Crippen LogP) is 4.83. The molecule has 0 aliphatic rings. The molecule has 0 unspecified atom stereocenters. The zero-order chi connectivity index (χ0) is 17.0. The van der Waals surface area contributed by atoms with Gasteiger partial charge in [-0.05, 0) is 49.4 Å². The van der Waals surface area contributed by atoms with Crippen LogP contribution in [0.3, 0.4) is 0 Å². The Kier molecular flexibility index (Phi) is 5.43. The second kappa shape index (κ2) is 7.32. The third-order valence-electron chi connectivity index (χ3n) is 3.94. The third kappa shape index (κ3) is 4.13. The van der Waals surface area contributed by atoms with Crippen molar-refractivity contribution in [2.45, 2.75) is 46.6 Å². The molecule has 1 atom stereocenters. The minimum Gasteiger partial charge on any atom is -0.481 e. The van der Waals surface area contributed by atoms with Gasteiger partial charge in [-0.15, -0.1) is 0 Å². The van der Waals surface area contributed by atoms with Crippen LogP contribution in [-0.2, 0) is 4.79 Å². The molecule has 0 aliphatic carbocycles. The lowest BCUT2D eigenvalue weighted by Gasteiger charge is -2.20. The van der Waals surface area contributed by atoms with Gasteiger partial charge in [0, 0.05) is 5.69 Å². The van der Waals surface area contributed by atoms with Gasteiger partial charge in [-0.2, -0.15) is 0 Å². The molecule has 23 heavy (non-hydrogen) atoms. The van der Waals surface area contributed by atoms with E-state index in [1.165, 1.54) is 0 Å². The fraction of sp³-hybridized carbons (Fsp3) is 0.350. The molecule has 0 heterocycles. The van der Waals surface area contributed by atoms with E-state index in [4.69, 9.17) is 4.74 Å². The number of amides is 1. The first-order chi connectivity index (χ1) is 10.9. The van der Waals surface area contributed by atoms with E-state index in [1.807, 2.05) is 50.2 Å². The van der Waals surface area contributed by atoms with Gasteiger partial charge in [0.15, 0.2) is 6.10 Å². The van der Waals surface area contributed by atoms with Gasteiger partial charge in [0.2, 0.25) is 0 Å². The molecule has 3 nitrogen and oxygen atoms in total. The number of benzene rings is 2. The zero-order valence-electron chi connectivity index (χ0n) is 14.5. The van der Waals surface area contributed by atoms with Crippen LogP contribution in [0.1, 0.15) is 43.4 Å². The van der Waals surface area contributed by atoms with E-state index in [2.05, 4.69) is 25.2 Å². The zero-order valence-corrected chi connectivity index (χ0v) is 14.5. The maximum atomic E-state index is 12.5. The Labute approximate surface area is 138 Å². The van der Waals surface area contributed by atoms with Crippen LogP contribution in [0.2, 0.25) is 0 Å². The molecule has 122 valence electrons. The number of ether oxygens (including phenoxy) is 1. The number of hydrogen-bond donors (Lipinski definition) is 1. The summed E-state index contributed by atoms with van der Waals surface area (Å²) in [5.41, 5.74) is 4.12. The maximum Gasteiger partial charge on any atom is 0.265 e. The van der Waals surface area contributed by atoms with Gasteiger partial charge in [-0.25, -0.2) is 0 Å². The molecule has 2 rings (SSSR count). The Balaban J connectivity index is 2.15. The summed E-state index contributed by atoms with van der Waals surface area (Å²) in [6.07, 6.45) is -0.560. The lowest BCUT2D eigenvalue weighted by atomic mass is 9.98. The van der Waals surface area contributed by atoms with Gasteiger partial charge in [-0.1, -0.05) is 50.2 Å². The highest BCUT2D eigenvalue weighted by Crippen LogP contribution is 2.28. The van der Waals surface area contributed by atoms with E-state index in [9.17, 15) is 4.79 Å². The van der Waals surface area contributed by atoms with Crippen LogP contribution < -0.4 is 10.1 Å². The number of carbonyl (C=O) groups is 1. The number of aryl methyl sites for hydroxylation is 2. The van der Waals surface area contributed by atoms with Crippen molar-refractivity contribution < 1.29 is 9.53 Å². The van der Waals surface area contributed by atoms with Gasteiger partial charge < -0.3 is 10.1 Å². The van der Waals surface area contributed by atoms with Gasteiger partial charge in [0.1, 0.15) is 5.75 Å².